The van der Waals surface area contributed by atoms with Crippen LogP contribution in [0.15, 0.2) is 15.9 Å². The standard InChI is InChI=1S/C13H20BrNS2/c1-3-7-15-12(11-10(14)5-9-16-11)13(2)6-4-8-17-13/h5,9,12,15H,3-4,6-8H2,1-2H3. The van der Waals surface area contributed by atoms with Gasteiger partial charge in [0.25, 0.3) is 0 Å². The van der Waals surface area contributed by atoms with Gasteiger partial charge in [0.05, 0.1) is 6.04 Å². The van der Waals surface area contributed by atoms with Crippen molar-refractivity contribution >= 4 is 39.0 Å². The van der Waals surface area contributed by atoms with Gasteiger partial charge in [-0.1, -0.05) is 6.92 Å². The fraction of sp³-hybridized carbons (Fsp3) is 0.692. The van der Waals surface area contributed by atoms with Crippen molar-refractivity contribution in [3.63, 3.8) is 0 Å². The Labute approximate surface area is 121 Å². The van der Waals surface area contributed by atoms with Crippen LogP contribution in [0.25, 0.3) is 0 Å². The Balaban J connectivity index is 2.21. The van der Waals surface area contributed by atoms with E-state index in [0.717, 1.165) is 6.54 Å². The first-order valence-electron chi connectivity index (χ1n) is 6.27. The van der Waals surface area contributed by atoms with Crippen molar-refractivity contribution in [3.8, 4) is 0 Å². The molecule has 1 N–H and O–H groups in total. The zero-order valence-electron chi connectivity index (χ0n) is 10.5. The first-order valence-corrected chi connectivity index (χ1v) is 8.93. The molecule has 17 heavy (non-hydrogen) atoms. The van der Waals surface area contributed by atoms with Gasteiger partial charge in [-0.05, 0) is 65.9 Å². The zero-order chi connectivity index (χ0) is 12.3. The number of halogens is 1. The predicted octanol–water partition coefficient (Wildman–Crippen LogP) is 4.84. The van der Waals surface area contributed by atoms with E-state index in [1.165, 1.54) is 34.4 Å². The van der Waals surface area contributed by atoms with Gasteiger partial charge >= 0.3 is 0 Å². The first kappa shape index (κ1) is 13.9. The molecule has 2 heterocycles. The van der Waals surface area contributed by atoms with Crippen LogP contribution in [0.1, 0.15) is 44.0 Å². The quantitative estimate of drug-likeness (QED) is 0.827. The minimum atomic E-state index is 0.364. The second-order valence-corrected chi connectivity index (χ2v) is 8.22. The summed E-state index contributed by atoms with van der Waals surface area (Å²) in [6.07, 6.45) is 3.87. The summed E-state index contributed by atoms with van der Waals surface area (Å²) in [6.45, 7) is 5.76. The summed E-state index contributed by atoms with van der Waals surface area (Å²) in [5.74, 6) is 1.31. The van der Waals surface area contributed by atoms with Crippen molar-refractivity contribution in [2.75, 3.05) is 12.3 Å². The summed E-state index contributed by atoms with van der Waals surface area (Å²) in [7, 11) is 0. The summed E-state index contributed by atoms with van der Waals surface area (Å²) in [4.78, 5) is 1.47. The van der Waals surface area contributed by atoms with Gasteiger partial charge in [-0.15, -0.1) is 11.3 Å². The normalized spacial score (nSPS) is 26.3. The number of thioether (sulfide) groups is 1. The molecule has 4 heteroatoms. The highest BCUT2D eigenvalue weighted by Gasteiger charge is 2.39. The van der Waals surface area contributed by atoms with Crippen LogP contribution in [0.4, 0.5) is 0 Å². The third kappa shape index (κ3) is 3.09. The smallest absolute Gasteiger partial charge is 0.0572 e. The van der Waals surface area contributed by atoms with Crippen LogP contribution in [-0.2, 0) is 0 Å². The van der Waals surface area contributed by atoms with Crippen LogP contribution in [0.5, 0.6) is 0 Å². The maximum atomic E-state index is 3.75. The molecule has 1 fully saturated rings. The second kappa shape index (κ2) is 6.09. The first-order chi connectivity index (χ1) is 8.17. The van der Waals surface area contributed by atoms with E-state index in [4.69, 9.17) is 0 Å². The highest BCUT2D eigenvalue weighted by Crippen LogP contribution is 2.49. The molecule has 2 unspecified atom stereocenters. The lowest BCUT2D eigenvalue weighted by atomic mass is 9.94. The summed E-state index contributed by atoms with van der Waals surface area (Å²) >= 11 is 7.70. The largest absolute Gasteiger partial charge is 0.308 e. The summed E-state index contributed by atoms with van der Waals surface area (Å²) in [5, 5.41) is 5.94. The predicted molar refractivity (Wildman–Crippen MR) is 83.2 cm³/mol. The average molecular weight is 334 g/mol. The van der Waals surface area contributed by atoms with E-state index < -0.39 is 0 Å². The van der Waals surface area contributed by atoms with Gasteiger partial charge in [0.15, 0.2) is 0 Å². The lowest BCUT2D eigenvalue weighted by Crippen LogP contribution is -2.37. The van der Waals surface area contributed by atoms with E-state index in [-0.39, 0.29) is 0 Å². The Hall–Kier alpha value is 0.490. The Bertz CT molecular complexity index is 358. The third-order valence-electron chi connectivity index (χ3n) is 3.37. The molecular weight excluding hydrogens is 314 g/mol. The fourth-order valence-electron chi connectivity index (χ4n) is 2.41. The van der Waals surface area contributed by atoms with Crippen molar-refractivity contribution in [2.45, 2.75) is 43.9 Å². The van der Waals surface area contributed by atoms with E-state index in [1.807, 2.05) is 11.3 Å². The topological polar surface area (TPSA) is 12.0 Å². The van der Waals surface area contributed by atoms with Gasteiger partial charge in [0.2, 0.25) is 0 Å². The maximum Gasteiger partial charge on any atom is 0.0572 e. The van der Waals surface area contributed by atoms with Crippen LogP contribution in [0.3, 0.4) is 0 Å². The molecular formula is C13H20BrNS2. The molecule has 0 radical (unpaired) electrons. The molecule has 0 aliphatic carbocycles. The molecule has 0 bridgehead atoms. The highest BCUT2D eigenvalue weighted by atomic mass is 79.9. The minimum Gasteiger partial charge on any atom is -0.308 e. The molecule has 1 aliphatic rings. The van der Waals surface area contributed by atoms with Gasteiger partial charge in [-0.3, -0.25) is 0 Å². The van der Waals surface area contributed by atoms with Crippen LogP contribution >= 0.6 is 39.0 Å². The van der Waals surface area contributed by atoms with Gasteiger partial charge in [0.1, 0.15) is 0 Å². The van der Waals surface area contributed by atoms with Crippen LogP contribution in [-0.4, -0.2) is 17.0 Å². The van der Waals surface area contributed by atoms with Gasteiger partial charge in [-0.2, -0.15) is 11.8 Å². The van der Waals surface area contributed by atoms with E-state index in [0.29, 0.717) is 10.8 Å². The molecule has 1 aromatic heterocycles. The van der Waals surface area contributed by atoms with Crippen molar-refractivity contribution in [3.05, 3.63) is 20.8 Å². The third-order valence-corrected chi connectivity index (χ3v) is 6.89. The minimum absolute atomic E-state index is 0.364. The summed E-state index contributed by atoms with van der Waals surface area (Å²) in [6, 6.07) is 2.66. The van der Waals surface area contributed by atoms with E-state index in [9.17, 15) is 0 Å². The Morgan fingerprint density at radius 1 is 1.59 bits per heavy atom. The molecule has 1 aliphatic heterocycles. The fourth-order valence-corrected chi connectivity index (χ4v) is 5.73. The molecule has 2 rings (SSSR count). The Kier molecular flexibility index (Phi) is 4.98. The van der Waals surface area contributed by atoms with Gasteiger partial charge in [-0.25, -0.2) is 0 Å². The van der Waals surface area contributed by atoms with Crippen molar-refractivity contribution in [1.29, 1.82) is 0 Å². The number of thiophene rings is 1. The second-order valence-electron chi connectivity index (χ2n) is 4.78. The van der Waals surface area contributed by atoms with Crippen molar-refractivity contribution in [1.82, 2.24) is 5.32 Å². The molecule has 1 saturated heterocycles. The van der Waals surface area contributed by atoms with E-state index in [2.05, 4.69) is 58.3 Å². The lowest BCUT2D eigenvalue weighted by Gasteiger charge is -2.34. The molecule has 0 saturated carbocycles. The molecule has 0 spiro atoms. The van der Waals surface area contributed by atoms with Crippen molar-refractivity contribution < 1.29 is 0 Å². The number of rotatable bonds is 5. The SMILES string of the molecule is CCCNC(c1sccc1Br)C1(C)CCCS1. The average Bonchev–Trinajstić information content (AvgIpc) is 2.90. The zero-order valence-corrected chi connectivity index (χ0v) is 13.7. The molecule has 1 nitrogen and oxygen atoms in total. The Morgan fingerprint density at radius 3 is 2.94 bits per heavy atom. The van der Waals surface area contributed by atoms with E-state index in [1.54, 1.807) is 0 Å². The molecule has 96 valence electrons. The highest BCUT2D eigenvalue weighted by molar-refractivity contribution is 9.10. The Morgan fingerprint density at radius 2 is 2.41 bits per heavy atom. The van der Waals surface area contributed by atoms with Crippen LogP contribution < -0.4 is 5.32 Å². The molecule has 0 aromatic carbocycles. The van der Waals surface area contributed by atoms with Crippen LogP contribution in [0, 0.1) is 0 Å². The number of hydrogen-bond donors (Lipinski definition) is 1. The summed E-state index contributed by atoms with van der Waals surface area (Å²) in [5.41, 5.74) is 0. The van der Waals surface area contributed by atoms with Crippen LogP contribution in [0.2, 0.25) is 0 Å². The van der Waals surface area contributed by atoms with E-state index >= 15 is 0 Å². The maximum absolute atomic E-state index is 3.75. The number of nitrogens with one attached hydrogen (secondary N) is 1. The lowest BCUT2D eigenvalue weighted by molar-refractivity contribution is 0.417. The monoisotopic (exact) mass is 333 g/mol. The summed E-state index contributed by atoms with van der Waals surface area (Å²) < 4.78 is 1.63. The molecule has 0 amide bonds. The van der Waals surface area contributed by atoms with Crippen molar-refractivity contribution in [2.24, 2.45) is 0 Å². The molecule has 2 atom stereocenters. The van der Waals surface area contributed by atoms with Gasteiger partial charge < -0.3 is 5.32 Å². The molecule has 1 aromatic rings. The van der Waals surface area contributed by atoms with Gasteiger partial charge in [0, 0.05) is 14.1 Å². The number of hydrogen-bond acceptors (Lipinski definition) is 3.